The molecule has 3 atom stereocenters. The molecule has 3 heterocycles. The van der Waals surface area contributed by atoms with Gasteiger partial charge in [0.05, 0.1) is 5.76 Å². The summed E-state index contributed by atoms with van der Waals surface area (Å²) in [4.78, 5) is 2.61. The maximum absolute atomic E-state index is 5.93. The predicted octanol–water partition coefficient (Wildman–Crippen LogP) is 3.13. The largest absolute Gasteiger partial charge is 0.494 e. The van der Waals surface area contributed by atoms with Gasteiger partial charge >= 0.3 is 0 Å². The van der Waals surface area contributed by atoms with Gasteiger partial charge in [-0.1, -0.05) is 30.3 Å². The molecule has 2 fully saturated rings. The summed E-state index contributed by atoms with van der Waals surface area (Å²) in [6.07, 6.45) is 2.93. The predicted molar refractivity (Wildman–Crippen MR) is 71.1 cm³/mol. The number of rotatable bonds is 2. The molecule has 0 saturated carbocycles. The summed E-state index contributed by atoms with van der Waals surface area (Å²) in [7, 11) is 0. The van der Waals surface area contributed by atoms with E-state index in [1.807, 2.05) is 0 Å². The highest BCUT2D eigenvalue weighted by Gasteiger charge is 2.46. The lowest BCUT2D eigenvalue weighted by atomic mass is 9.90. The van der Waals surface area contributed by atoms with Crippen LogP contribution in [0.3, 0.4) is 0 Å². The molecule has 0 amide bonds. The highest BCUT2D eigenvalue weighted by Crippen LogP contribution is 2.47. The lowest BCUT2D eigenvalue weighted by molar-refractivity contribution is 0.131. The fourth-order valence-corrected chi connectivity index (χ4v) is 3.73. The molecule has 0 radical (unpaired) electrons. The molecule has 18 heavy (non-hydrogen) atoms. The molecule has 2 heteroatoms. The van der Waals surface area contributed by atoms with Crippen LogP contribution in [0.5, 0.6) is 0 Å². The van der Waals surface area contributed by atoms with Gasteiger partial charge in [0.25, 0.3) is 0 Å². The van der Waals surface area contributed by atoms with E-state index < -0.39 is 0 Å². The van der Waals surface area contributed by atoms with Crippen LogP contribution in [-0.2, 0) is 4.74 Å². The third-order valence-corrected chi connectivity index (χ3v) is 4.84. The fraction of sp³-hybridized carbons (Fsp3) is 0.500. The highest BCUT2D eigenvalue weighted by atomic mass is 16.5. The molecule has 1 aromatic carbocycles. The van der Waals surface area contributed by atoms with E-state index >= 15 is 0 Å². The summed E-state index contributed by atoms with van der Waals surface area (Å²) in [5.41, 5.74) is 3.03. The van der Waals surface area contributed by atoms with Crippen molar-refractivity contribution in [2.24, 2.45) is 5.92 Å². The van der Waals surface area contributed by atoms with E-state index in [-0.39, 0.29) is 0 Å². The van der Waals surface area contributed by atoms with Crippen LogP contribution in [0.2, 0.25) is 0 Å². The minimum absolute atomic E-state index is 0.503. The van der Waals surface area contributed by atoms with Crippen LogP contribution in [0.4, 0.5) is 0 Å². The van der Waals surface area contributed by atoms with E-state index in [1.54, 1.807) is 5.57 Å². The Kier molecular flexibility index (Phi) is 2.28. The van der Waals surface area contributed by atoms with Crippen LogP contribution < -0.4 is 0 Å². The molecule has 94 valence electrons. The number of likely N-dealkylation sites (tertiary alicyclic amines) is 1. The van der Waals surface area contributed by atoms with Gasteiger partial charge in [-0.3, -0.25) is 4.90 Å². The molecule has 0 N–H and O–H groups in total. The summed E-state index contributed by atoms with van der Waals surface area (Å²) < 4.78 is 5.93. The normalized spacial score (nSPS) is 31.6. The molecule has 3 aliphatic heterocycles. The first-order valence-corrected chi connectivity index (χ1v) is 7.00. The van der Waals surface area contributed by atoms with Crippen molar-refractivity contribution >= 4 is 0 Å². The van der Waals surface area contributed by atoms with Crippen molar-refractivity contribution in [3.05, 3.63) is 47.2 Å². The van der Waals surface area contributed by atoms with E-state index in [0.717, 1.165) is 6.54 Å². The maximum atomic E-state index is 5.93. The quantitative estimate of drug-likeness (QED) is 0.788. The Morgan fingerprint density at radius 3 is 2.89 bits per heavy atom. The lowest BCUT2D eigenvalue weighted by Gasteiger charge is -2.25. The number of hydrogen-bond donors (Lipinski definition) is 0. The van der Waals surface area contributed by atoms with Gasteiger partial charge in [0.1, 0.15) is 6.10 Å². The van der Waals surface area contributed by atoms with Gasteiger partial charge in [-0.15, -0.1) is 0 Å². The van der Waals surface area contributed by atoms with Crippen LogP contribution in [0.15, 0.2) is 41.7 Å². The molecule has 0 spiro atoms. The molecule has 0 unspecified atom stereocenters. The fourth-order valence-electron chi connectivity index (χ4n) is 3.73. The van der Waals surface area contributed by atoms with E-state index in [4.69, 9.17) is 4.74 Å². The standard InChI is InChI=1S/C16H19NO/c1-11(12-5-3-2-4-6-12)17-9-13-14(10-17)16-8-7-15(13)18-16/h2-6,11,13,15H,7-10H2,1H3/t11-,13-,15+/m1/s1. The Balaban J connectivity index is 1.57. The summed E-state index contributed by atoms with van der Waals surface area (Å²) in [5, 5.41) is 0. The van der Waals surface area contributed by atoms with Gasteiger partial charge in [-0.25, -0.2) is 0 Å². The van der Waals surface area contributed by atoms with E-state index in [1.165, 1.54) is 30.7 Å². The lowest BCUT2D eigenvalue weighted by Crippen LogP contribution is -2.27. The Labute approximate surface area is 108 Å². The van der Waals surface area contributed by atoms with Crippen LogP contribution in [0.25, 0.3) is 0 Å². The summed E-state index contributed by atoms with van der Waals surface area (Å²) in [6, 6.07) is 11.4. The van der Waals surface area contributed by atoms with Crippen molar-refractivity contribution < 1.29 is 4.74 Å². The van der Waals surface area contributed by atoms with Gasteiger partial charge in [0.15, 0.2) is 0 Å². The molecular weight excluding hydrogens is 222 g/mol. The SMILES string of the molecule is C[C@H](c1ccccc1)N1CC2=C3CC[C@H](O3)[C@@H]2C1. The van der Waals surface area contributed by atoms with Crippen molar-refractivity contribution in [3.63, 3.8) is 0 Å². The van der Waals surface area contributed by atoms with Crippen LogP contribution >= 0.6 is 0 Å². The van der Waals surface area contributed by atoms with Crippen molar-refractivity contribution in [2.45, 2.75) is 31.9 Å². The summed E-state index contributed by atoms with van der Waals surface area (Å²) in [6.45, 7) is 4.62. The van der Waals surface area contributed by atoms with Crippen LogP contribution in [-0.4, -0.2) is 24.1 Å². The second-order valence-electron chi connectivity index (χ2n) is 5.77. The third kappa shape index (κ3) is 1.45. The zero-order chi connectivity index (χ0) is 12.1. The van der Waals surface area contributed by atoms with Gasteiger partial charge in [0, 0.05) is 31.5 Å². The number of ether oxygens (including phenoxy) is 1. The topological polar surface area (TPSA) is 12.5 Å². The Bertz CT molecular complexity index is 493. The molecule has 0 aliphatic carbocycles. The van der Waals surface area contributed by atoms with Gasteiger partial charge in [-0.2, -0.15) is 0 Å². The zero-order valence-electron chi connectivity index (χ0n) is 10.8. The maximum Gasteiger partial charge on any atom is 0.107 e. The highest BCUT2D eigenvalue weighted by molar-refractivity contribution is 5.30. The first-order valence-electron chi connectivity index (χ1n) is 7.00. The average Bonchev–Trinajstić information content (AvgIpc) is 3.10. The molecule has 2 saturated heterocycles. The van der Waals surface area contributed by atoms with Crippen molar-refractivity contribution in [2.75, 3.05) is 13.1 Å². The minimum Gasteiger partial charge on any atom is -0.494 e. The number of hydrogen-bond acceptors (Lipinski definition) is 2. The van der Waals surface area contributed by atoms with Crippen molar-refractivity contribution in [1.29, 1.82) is 0 Å². The van der Waals surface area contributed by atoms with Crippen molar-refractivity contribution in [3.8, 4) is 0 Å². The smallest absolute Gasteiger partial charge is 0.107 e. The minimum atomic E-state index is 0.503. The second kappa shape index (κ2) is 3.86. The second-order valence-corrected chi connectivity index (χ2v) is 5.77. The van der Waals surface area contributed by atoms with Crippen LogP contribution in [0.1, 0.15) is 31.4 Å². The van der Waals surface area contributed by atoms with E-state index in [0.29, 0.717) is 18.1 Å². The van der Waals surface area contributed by atoms with E-state index in [2.05, 4.69) is 42.2 Å². The Hall–Kier alpha value is -1.28. The number of fused-ring (bicyclic) bond motifs is 4. The Morgan fingerprint density at radius 1 is 1.28 bits per heavy atom. The third-order valence-electron chi connectivity index (χ3n) is 4.84. The zero-order valence-corrected chi connectivity index (χ0v) is 10.8. The van der Waals surface area contributed by atoms with Crippen LogP contribution in [0, 0.1) is 5.92 Å². The molecule has 2 bridgehead atoms. The van der Waals surface area contributed by atoms with Crippen molar-refractivity contribution in [1.82, 2.24) is 4.90 Å². The molecule has 3 aliphatic rings. The summed E-state index contributed by atoms with van der Waals surface area (Å²) in [5.74, 6) is 2.02. The molecule has 0 aromatic heterocycles. The first-order chi connectivity index (χ1) is 8.83. The molecular formula is C16H19NO. The molecule has 4 rings (SSSR count). The average molecular weight is 241 g/mol. The number of nitrogens with zero attached hydrogens (tertiary/aromatic N) is 1. The first kappa shape index (κ1) is 10.6. The Morgan fingerprint density at radius 2 is 2.11 bits per heavy atom. The molecule has 1 aromatic rings. The monoisotopic (exact) mass is 241 g/mol. The number of allylic oxidation sites excluding steroid dienone is 1. The van der Waals surface area contributed by atoms with Gasteiger partial charge < -0.3 is 4.74 Å². The van der Waals surface area contributed by atoms with Gasteiger partial charge in [0.2, 0.25) is 0 Å². The number of benzene rings is 1. The van der Waals surface area contributed by atoms with E-state index in [9.17, 15) is 0 Å². The molecule has 2 nitrogen and oxygen atoms in total. The van der Waals surface area contributed by atoms with Gasteiger partial charge in [-0.05, 0) is 24.5 Å². The summed E-state index contributed by atoms with van der Waals surface area (Å²) >= 11 is 0.